The molecule has 1 aliphatic rings. The quantitative estimate of drug-likeness (QED) is 0.917. The van der Waals surface area contributed by atoms with Gasteiger partial charge in [-0.25, -0.2) is 0 Å². The van der Waals surface area contributed by atoms with Crippen molar-refractivity contribution in [1.82, 2.24) is 10.2 Å². The van der Waals surface area contributed by atoms with Crippen LogP contribution >= 0.6 is 22.9 Å². The predicted octanol–water partition coefficient (Wildman–Crippen LogP) is 2.46. The number of hydrogen-bond acceptors (Lipinski definition) is 3. The Hall–Kier alpha value is -0.580. The maximum absolute atomic E-state index is 11.8. The van der Waals surface area contributed by atoms with Crippen molar-refractivity contribution in [2.75, 3.05) is 14.1 Å². The van der Waals surface area contributed by atoms with Gasteiger partial charge < -0.3 is 4.90 Å². The van der Waals surface area contributed by atoms with E-state index in [-0.39, 0.29) is 18.0 Å². The average molecular weight is 273 g/mol. The van der Waals surface area contributed by atoms with E-state index in [1.54, 1.807) is 30.3 Å². The zero-order valence-corrected chi connectivity index (χ0v) is 11.9. The lowest BCUT2D eigenvalue weighted by molar-refractivity contribution is -0.130. The summed E-state index contributed by atoms with van der Waals surface area (Å²) in [6, 6.07) is 2.14. The van der Waals surface area contributed by atoms with Crippen molar-refractivity contribution in [2.24, 2.45) is 0 Å². The maximum Gasteiger partial charge on any atom is 0.238 e. The second-order valence-corrected chi connectivity index (χ2v) is 6.41. The number of amides is 1. The molecule has 2 rings (SSSR count). The Morgan fingerprint density at radius 3 is 3.00 bits per heavy atom. The van der Waals surface area contributed by atoms with E-state index in [1.807, 2.05) is 13.0 Å². The van der Waals surface area contributed by atoms with Crippen molar-refractivity contribution in [3.05, 3.63) is 20.8 Å². The largest absolute Gasteiger partial charge is 0.347 e. The number of rotatable bonds is 3. The summed E-state index contributed by atoms with van der Waals surface area (Å²) < 4.78 is 0.841. The minimum atomic E-state index is -0.153. The Morgan fingerprint density at radius 1 is 1.65 bits per heavy atom. The number of aryl methyl sites for hydroxylation is 1. The van der Waals surface area contributed by atoms with Gasteiger partial charge in [0.2, 0.25) is 5.91 Å². The van der Waals surface area contributed by atoms with Crippen LogP contribution in [0.2, 0.25) is 4.34 Å². The fraction of sp³-hybridized carbons (Fsp3) is 0.583. The van der Waals surface area contributed by atoms with Crippen molar-refractivity contribution < 1.29 is 4.79 Å². The van der Waals surface area contributed by atoms with Crippen LogP contribution in [0, 0.1) is 0 Å². The second kappa shape index (κ2) is 4.96. The van der Waals surface area contributed by atoms with Gasteiger partial charge in [0.15, 0.2) is 0 Å². The lowest BCUT2D eigenvalue weighted by Gasteiger charge is -2.22. The summed E-state index contributed by atoms with van der Waals surface area (Å²) in [5.41, 5.74) is 1.28. The number of likely N-dealkylation sites (N-methyl/N-ethyl adjacent to an activating group) is 1. The molecule has 0 saturated carbocycles. The molecule has 1 aromatic rings. The van der Waals surface area contributed by atoms with Crippen LogP contribution in [-0.2, 0) is 11.2 Å². The summed E-state index contributed by atoms with van der Waals surface area (Å²) in [5.74, 6) is 0.111. The molecule has 1 heterocycles. The monoisotopic (exact) mass is 272 g/mol. The topological polar surface area (TPSA) is 32.3 Å². The molecule has 0 aliphatic heterocycles. The standard InChI is InChI=1S/C12H17ClN2OS/c1-7(12(16)15(2)3)14-9-4-5-10-8(9)6-11(13)17-10/h6-7,9,14H,4-5H2,1-3H3. The number of fused-ring (bicyclic) bond motifs is 1. The fourth-order valence-corrected chi connectivity index (χ4v) is 3.62. The smallest absolute Gasteiger partial charge is 0.238 e. The lowest BCUT2D eigenvalue weighted by atomic mass is 10.1. The van der Waals surface area contributed by atoms with Crippen molar-refractivity contribution in [3.63, 3.8) is 0 Å². The van der Waals surface area contributed by atoms with E-state index in [4.69, 9.17) is 11.6 Å². The van der Waals surface area contributed by atoms with E-state index in [9.17, 15) is 4.79 Å². The van der Waals surface area contributed by atoms with Crippen molar-refractivity contribution in [2.45, 2.75) is 31.8 Å². The van der Waals surface area contributed by atoms with Crippen LogP contribution < -0.4 is 5.32 Å². The normalized spacial score (nSPS) is 20.1. The van der Waals surface area contributed by atoms with Gasteiger partial charge in [0.25, 0.3) is 0 Å². The number of nitrogens with zero attached hydrogens (tertiary/aromatic N) is 1. The molecule has 0 radical (unpaired) electrons. The summed E-state index contributed by atoms with van der Waals surface area (Å²) >= 11 is 7.66. The molecule has 1 aliphatic carbocycles. The summed E-state index contributed by atoms with van der Waals surface area (Å²) in [6.45, 7) is 1.91. The highest BCUT2D eigenvalue weighted by molar-refractivity contribution is 7.16. The molecule has 3 nitrogen and oxygen atoms in total. The van der Waals surface area contributed by atoms with Gasteiger partial charge in [-0.05, 0) is 31.4 Å². The molecule has 1 N–H and O–H groups in total. The highest BCUT2D eigenvalue weighted by atomic mass is 35.5. The van der Waals surface area contributed by atoms with E-state index in [2.05, 4.69) is 5.32 Å². The Morgan fingerprint density at radius 2 is 2.35 bits per heavy atom. The number of thiophene rings is 1. The third kappa shape index (κ3) is 2.64. The highest BCUT2D eigenvalue weighted by Crippen LogP contribution is 2.39. The summed E-state index contributed by atoms with van der Waals surface area (Å²) in [4.78, 5) is 14.8. The highest BCUT2D eigenvalue weighted by Gasteiger charge is 2.28. The van der Waals surface area contributed by atoms with Crippen LogP contribution in [0.4, 0.5) is 0 Å². The Kier molecular flexibility index (Phi) is 3.76. The van der Waals surface area contributed by atoms with Crippen molar-refractivity contribution in [3.8, 4) is 0 Å². The van der Waals surface area contributed by atoms with Gasteiger partial charge in [0.05, 0.1) is 10.4 Å². The lowest BCUT2D eigenvalue weighted by Crippen LogP contribution is -2.42. The molecule has 94 valence electrons. The molecular weight excluding hydrogens is 256 g/mol. The number of halogens is 1. The third-order valence-corrected chi connectivity index (χ3v) is 4.45. The molecule has 0 bridgehead atoms. The molecule has 1 aromatic heterocycles. The average Bonchev–Trinajstić information content (AvgIpc) is 2.78. The molecule has 1 amide bonds. The number of carbonyl (C=O) groups is 1. The molecule has 0 saturated heterocycles. The van der Waals surface area contributed by atoms with E-state index in [0.29, 0.717) is 0 Å². The summed E-state index contributed by atoms with van der Waals surface area (Å²) in [5, 5.41) is 3.39. The zero-order valence-electron chi connectivity index (χ0n) is 10.3. The Labute approximate surface area is 111 Å². The second-order valence-electron chi connectivity index (χ2n) is 4.64. The molecular formula is C12H17ClN2OS. The number of nitrogens with one attached hydrogen (secondary N) is 1. The predicted molar refractivity (Wildman–Crippen MR) is 71.7 cm³/mol. The molecule has 2 atom stereocenters. The first-order chi connectivity index (χ1) is 7.99. The van der Waals surface area contributed by atoms with Crippen LogP contribution in [0.25, 0.3) is 0 Å². The van der Waals surface area contributed by atoms with Gasteiger partial charge in [-0.2, -0.15) is 0 Å². The number of hydrogen-bond donors (Lipinski definition) is 1. The van der Waals surface area contributed by atoms with Crippen molar-refractivity contribution >= 4 is 28.8 Å². The molecule has 0 spiro atoms. The van der Waals surface area contributed by atoms with Crippen LogP contribution in [0.3, 0.4) is 0 Å². The van der Waals surface area contributed by atoms with E-state index >= 15 is 0 Å². The third-order valence-electron chi connectivity index (χ3n) is 3.11. The number of carbonyl (C=O) groups excluding carboxylic acids is 1. The van der Waals surface area contributed by atoms with Crippen LogP contribution in [-0.4, -0.2) is 30.9 Å². The van der Waals surface area contributed by atoms with Gasteiger partial charge in [-0.1, -0.05) is 11.6 Å². The van der Waals surface area contributed by atoms with E-state index in [0.717, 1.165) is 17.2 Å². The Balaban J connectivity index is 2.04. The van der Waals surface area contributed by atoms with Gasteiger partial charge in [0, 0.05) is 25.0 Å². The van der Waals surface area contributed by atoms with Crippen molar-refractivity contribution in [1.29, 1.82) is 0 Å². The molecule has 5 heteroatoms. The first-order valence-corrected chi connectivity index (χ1v) is 6.94. The van der Waals surface area contributed by atoms with E-state index < -0.39 is 0 Å². The summed E-state index contributed by atoms with van der Waals surface area (Å²) in [7, 11) is 3.56. The molecule has 0 aromatic carbocycles. The molecule has 0 fully saturated rings. The fourth-order valence-electron chi connectivity index (χ4n) is 2.26. The SMILES string of the molecule is CC(NC1CCc2sc(Cl)cc21)C(=O)N(C)C. The molecule has 17 heavy (non-hydrogen) atoms. The van der Waals surface area contributed by atoms with Crippen LogP contribution in [0.1, 0.15) is 29.8 Å². The minimum Gasteiger partial charge on any atom is -0.347 e. The van der Waals surface area contributed by atoms with Gasteiger partial charge in [-0.3, -0.25) is 10.1 Å². The first kappa shape index (κ1) is 12.9. The van der Waals surface area contributed by atoms with Crippen LogP contribution in [0.15, 0.2) is 6.07 Å². The minimum absolute atomic E-state index is 0.111. The maximum atomic E-state index is 11.8. The van der Waals surface area contributed by atoms with Crippen LogP contribution in [0.5, 0.6) is 0 Å². The van der Waals surface area contributed by atoms with Gasteiger partial charge in [-0.15, -0.1) is 11.3 Å². The molecule has 2 unspecified atom stereocenters. The van der Waals surface area contributed by atoms with E-state index in [1.165, 1.54) is 10.4 Å². The zero-order chi connectivity index (χ0) is 12.6. The van der Waals surface area contributed by atoms with Gasteiger partial charge in [0.1, 0.15) is 0 Å². The summed E-state index contributed by atoms with van der Waals surface area (Å²) in [6.07, 6.45) is 2.12. The van der Waals surface area contributed by atoms with Gasteiger partial charge >= 0.3 is 0 Å². The Bertz CT molecular complexity index is 430. The first-order valence-electron chi connectivity index (χ1n) is 5.74.